The third-order valence-electron chi connectivity index (χ3n) is 4.44. The molecule has 0 aliphatic carbocycles. The molecule has 164 valence electrons. The molecule has 0 aliphatic rings. The fraction of sp³-hybridized carbons (Fsp3) is 0.348. The van der Waals surface area contributed by atoms with Crippen molar-refractivity contribution in [2.75, 3.05) is 13.1 Å². The van der Waals surface area contributed by atoms with E-state index in [-0.39, 0.29) is 6.10 Å². The van der Waals surface area contributed by atoms with Crippen LogP contribution in [0, 0.1) is 0 Å². The number of imidazole rings is 1. The van der Waals surface area contributed by atoms with Gasteiger partial charge in [0.2, 0.25) is 0 Å². The third-order valence-corrected chi connectivity index (χ3v) is 4.44. The Morgan fingerprint density at radius 3 is 2.58 bits per heavy atom. The zero-order valence-electron chi connectivity index (χ0n) is 18.2. The zero-order valence-corrected chi connectivity index (χ0v) is 18.2. The van der Waals surface area contributed by atoms with Gasteiger partial charge in [0.25, 0.3) is 0 Å². The lowest BCUT2D eigenvalue weighted by Gasteiger charge is -2.16. The second-order valence-corrected chi connectivity index (χ2v) is 7.32. The number of aliphatic imine (C=N–C) groups is 1. The lowest BCUT2D eigenvalue weighted by atomic mass is 10.1. The van der Waals surface area contributed by atoms with Crippen LogP contribution < -0.4 is 15.4 Å². The van der Waals surface area contributed by atoms with Crippen molar-refractivity contribution >= 4 is 5.96 Å². The summed E-state index contributed by atoms with van der Waals surface area (Å²) in [6.07, 6.45) is 6.54. The van der Waals surface area contributed by atoms with E-state index in [2.05, 4.69) is 25.6 Å². The van der Waals surface area contributed by atoms with Crippen molar-refractivity contribution in [2.45, 2.75) is 39.5 Å². The highest BCUT2D eigenvalue weighted by atomic mass is 16.5. The maximum absolute atomic E-state index is 10.5. The molecule has 1 aromatic carbocycles. The third kappa shape index (κ3) is 6.82. The van der Waals surface area contributed by atoms with E-state index in [9.17, 15) is 5.11 Å². The summed E-state index contributed by atoms with van der Waals surface area (Å²) in [5.74, 6) is 2.24. The molecule has 1 unspecified atom stereocenters. The number of pyridine rings is 1. The summed E-state index contributed by atoms with van der Waals surface area (Å²) in [6.45, 7) is 7.51. The van der Waals surface area contributed by atoms with Gasteiger partial charge in [0.05, 0.1) is 18.8 Å². The van der Waals surface area contributed by atoms with E-state index in [0.29, 0.717) is 19.0 Å². The second kappa shape index (κ2) is 11.1. The number of hydrogen-bond acceptors (Lipinski definition) is 5. The standard InChI is InChI=1S/C23H30N6O2/c1-4-25-23(27-14-18-5-10-22(26-13-18)29-12-11-24-16-29)28-15-21(30)19-6-8-20(9-7-19)31-17(2)3/h5-13,16-17,21,30H,4,14-15H2,1-3H3,(H2,25,27,28). The fourth-order valence-electron chi connectivity index (χ4n) is 2.92. The van der Waals surface area contributed by atoms with Gasteiger partial charge in [-0.05, 0) is 50.1 Å². The van der Waals surface area contributed by atoms with Crippen LogP contribution in [-0.4, -0.2) is 44.8 Å². The molecule has 0 spiro atoms. The van der Waals surface area contributed by atoms with E-state index in [1.807, 2.05) is 67.9 Å². The number of guanidine groups is 1. The quantitative estimate of drug-likeness (QED) is 0.362. The van der Waals surface area contributed by atoms with E-state index in [4.69, 9.17) is 4.74 Å². The Kier molecular flexibility index (Phi) is 8.00. The number of ether oxygens (including phenoxy) is 1. The van der Waals surface area contributed by atoms with E-state index < -0.39 is 6.10 Å². The molecule has 0 saturated heterocycles. The molecule has 1 atom stereocenters. The van der Waals surface area contributed by atoms with Crippen molar-refractivity contribution in [3.63, 3.8) is 0 Å². The average Bonchev–Trinajstić information content (AvgIpc) is 3.31. The zero-order chi connectivity index (χ0) is 22.1. The van der Waals surface area contributed by atoms with Crippen LogP contribution >= 0.6 is 0 Å². The molecule has 0 radical (unpaired) electrons. The number of hydrogen-bond donors (Lipinski definition) is 3. The van der Waals surface area contributed by atoms with Crippen molar-refractivity contribution in [3.8, 4) is 11.6 Å². The van der Waals surface area contributed by atoms with E-state index in [1.54, 1.807) is 18.7 Å². The Labute approximate surface area is 183 Å². The number of nitrogens with one attached hydrogen (secondary N) is 2. The lowest BCUT2D eigenvalue weighted by molar-refractivity contribution is 0.180. The predicted molar refractivity (Wildman–Crippen MR) is 121 cm³/mol. The first-order chi connectivity index (χ1) is 15.0. The molecular weight excluding hydrogens is 392 g/mol. The van der Waals surface area contributed by atoms with Gasteiger partial charge in [0.15, 0.2) is 5.96 Å². The second-order valence-electron chi connectivity index (χ2n) is 7.32. The smallest absolute Gasteiger partial charge is 0.191 e. The summed E-state index contributed by atoms with van der Waals surface area (Å²) in [4.78, 5) is 13.1. The maximum Gasteiger partial charge on any atom is 0.191 e. The van der Waals surface area contributed by atoms with Crippen molar-refractivity contribution in [2.24, 2.45) is 4.99 Å². The normalized spacial score (nSPS) is 12.6. The number of nitrogens with zero attached hydrogens (tertiary/aromatic N) is 4. The Bertz CT molecular complexity index is 937. The van der Waals surface area contributed by atoms with Gasteiger partial charge in [-0.15, -0.1) is 0 Å². The van der Waals surface area contributed by atoms with Gasteiger partial charge in [0, 0.05) is 31.7 Å². The molecule has 0 fully saturated rings. The van der Waals surface area contributed by atoms with E-state index in [1.165, 1.54) is 0 Å². The van der Waals surface area contributed by atoms with Gasteiger partial charge in [-0.25, -0.2) is 15.0 Å². The molecule has 8 heteroatoms. The molecule has 31 heavy (non-hydrogen) atoms. The van der Waals surface area contributed by atoms with Gasteiger partial charge in [-0.3, -0.25) is 4.57 Å². The van der Waals surface area contributed by atoms with Crippen LogP contribution in [0.15, 0.2) is 66.3 Å². The average molecular weight is 423 g/mol. The number of benzene rings is 1. The van der Waals surface area contributed by atoms with Crippen LogP contribution in [0.25, 0.3) is 5.82 Å². The molecular formula is C23H30N6O2. The summed E-state index contributed by atoms with van der Waals surface area (Å²) in [5.41, 5.74) is 1.81. The van der Waals surface area contributed by atoms with Crippen molar-refractivity contribution in [3.05, 3.63) is 72.4 Å². The molecule has 0 bridgehead atoms. The highest BCUT2D eigenvalue weighted by Gasteiger charge is 2.09. The van der Waals surface area contributed by atoms with Gasteiger partial charge in [-0.2, -0.15) is 0 Å². The predicted octanol–water partition coefficient (Wildman–Crippen LogP) is 2.84. The Morgan fingerprint density at radius 1 is 1.16 bits per heavy atom. The van der Waals surface area contributed by atoms with Crippen molar-refractivity contribution in [1.82, 2.24) is 25.2 Å². The SMILES string of the molecule is CCNC(=NCc1ccc(-n2ccnc2)nc1)NCC(O)c1ccc(OC(C)C)cc1. The Morgan fingerprint density at radius 2 is 1.97 bits per heavy atom. The first-order valence-corrected chi connectivity index (χ1v) is 10.4. The summed E-state index contributed by atoms with van der Waals surface area (Å²) >= 11 is 0. The number of aliphatic hydroxyl groups is 1. The maximum atomic E-state index is 10.5. The van der Waals surface area contributed by atoms with E-state index >= 15 is 0 Å². The van der Waals surface area contributed by atoms with Crippen LogP contribution in [0.5, 0.6) is 5.75 Å². The van der Waals surface area contributed by atoms with Crippen LogP contribution in [0.1, 0.15) is 38.0 Å². The number of rotatable bonds is 9. The molecule has 8 nitrogen and oxygen atoms in total. The van der Waals surface area contributed by atoms with Crippen LogP contribution in [0.2, 0.25) is 0 Å². The minimum absolute atomic E-state index is 0.119. The topological polar surface area (TPSA) is 96.6 Å². The first kappa shape index (κ1) is 22.3. The van der Waals surface area contributed by atoms with Gasteiger partial charge < -0.3 is 20.5 Å². The van der Waals surface area contributed by atoms with Crippen molar-refractivity contribution < 1.29 is 9.84 Å². The molecule has 0 saturated carbocycles. The molecule has 0 aliphatic heterocycles. The summed E-state index contributed by atoms with van der Waals surface area (Å²) < 4.78 is 7.49. The summed E-state index contributed by atoms with van der Waals surface area (Å²) in [5, 5.41) is 16.9. The Hall–Kier alpha value is -3.39. The lowest BCUT2D eigenvalue weighted by Crippen LogP contribution is -2.39. The molecule has 2 aromatic heterocycles. The van der Waals surface area contributed by atoms with E-state index in [0.717, 1.165) is 29.2 Å². The monoisotopic (exact) mass is 422 g/mol. The van der Waals surface area contributed by atoms with Gasteiger partial charge in [0.1, 0.15) is 17.9 Å². The van der Waals surface area contributed by atoms with Crippen LogP contribution in [0.3, 0.4) is 0 Å². The largest absolute Gasteiger partial charge is 0.491 e. The van der Waals surface area contributed by atoms with Crippen LogP contribution in [0.4, 0.5) is 0 Å². The van der Waals surface area contributed by atoms with Gasteiger partial charge >= 0.3 is 0 Å². The summed E-state index contributed by atoms with van der Waals surface area (Å²) in [6, 6.07) is 11.4. The summed E-state index contributed by atoms with van der Waals surface area (Å²) in [7, 11) is 0. The highest BCUT2D eigenvalue weighted by molar-refractivity contribution is 5.79. The first-order valence-electron chi connectivity index (χ1n) is 10.4. The van der Waals surface area contributed by atoms with Crippen LogP contribution in [-0.2, 0) is 6.54 Å². The van der Waals surface area contributed by atoms with Gasteiger partial charge in [-0.1, -0.05) is 18.2 Å². The molecule has 3 rings (SSSR count). The fourth-order valence-corrected chi connectivity index (χ4v) is 2.92. The minimum Gasteiger partial charge on any atom is -0.491 e. The van der Waals surface area contributed by atoms with Crippen molar-refractivity contribution in [1.29, 1.82) is 0 Å². The molecule has 2 heterocycles. The number of aliphatic hydroxyl groups excluding tert-OH is 1. The number of aromatic nitrogens is 3. The highest BCUT2D eigenvalue weighted by Crippen LogP contribution is 2.18. The molecule has 0 amide bonds. The minimum atomic E-state index is -0.659. The Balaban J connectivity index is 1.55. The molecule has 3 aromatic rings. The molecule has 3 N–H and O–H groups in total.